The third-order valence-corrected chi connectivity index (χ3v) is 3.80. The Balaban J connectivity index is 2.59. The molecule has 1 aromatic heterocycles. The molecule has 3 atom stereocenters. The molecule has 0 amide bonds. The van der Waals surface area contributed by atoms with E-state index in [9.17, 15) is 10.1 Å². The van der Waals surface area contributed by atoms with E-state index in [4.69, 9.17) is 0 Å². The average Bonchev–Trinajstić information content (AvgIpc) is 2.38. The standard InChI is InChI=1S/C14H15N3OS/c1-8-12(9(2)18)13(10-4-3-5-16-7-10)11(6-15)14(19)17-8/h3-5,7,11,13-14,17,19H,1-2H3/t11-,13+,14+/m0/s1. The van der Waals surface area contributed by atoms with E-state index in [2.05, 4.69) is 29.0 Å². The fourth-order valence-electron chi connectivity index (χ4n) is 2.55. The van der Waals surface area contributed by atoms with Gasteiger partial charge in [0, 0.05) is 29.6 Å². The Kier molecular flexibility index (Phi) is 3.91. The van der Waals surface area contributed by atoms with E-state index in [1.165, 1.54) is 6.92 Å². The summed E-state index contributed by atoms with van der Waals surface area (Å²) in [4.78, 5) is 16.0. The fraction of sp³-hybridized carbons (Fsp3) is 0.357. The van der Waals surface area contributed by atoms with Crippen molar-refractivity contribution in [1.29, 1.82) is 5.26 Å². The molecule has 2 heterocycles. The highest BCUT2D eigenvalue weighted by molar-refractivity contribution is 7.80. The SMILES string of the molecule is CC(=O)C1=C(C)N[C@H](S)[C@@H](C#N)[C@H]1c1cccnc1. The quantitative estimate of drug-likeness (QED) is 0.809. The van der Waals surface area contributed by atoms with Crippen LogP contribution in [0.2, 0.25) is 0 Å². The molecule has 4 nitrogen and oxygen atoms in total. The molecule has 0 fully saturated rings. The van der Waals surface area contributed by atoms with Gasteiger partial charge in [0.1, 0.15) is 0 Å². The Bertz CT molecular complexity index is 562. The van der Waals surface area contributed by atoms with Gasteiger partial charge in [-0.1, -0.05) is 6.07 Å². The molecule has 0 bridgehead atoms. The fourth-order valence-corrected chi connectivity index (χ4v) is 2.98. The van der Waals surface area contributed by atoms with Crippen LogP contribution in [0.25, 0.3) is 0 Å². The predicted molar refractivity (Wildman–Crippen MR) is 75.4 cm³/mol. The van der Waals surface area contributed by atoms with Gasteiger partial charge >= 0.3 is 0 Å². The van der Waals surface area contributed by atoms with Gasteiger partial charge in [-0.25, -0.2) is 0 Å². The van der Waals surface area contributed by atoms with E-state index in [1.807, 2.05) is 19.1 Å². The van der Waals surface area contributed by atoms with Crippen molar-refractivity contribution in [3.8, 4) is 6.07 Å². The summed E-state index contributed by atoms with van der Waals surface area (Å²) in [5.41, 5.74) is 2.30. The summed E-state index contributed by atoms with van der Waals surface area (Å²) in [6, 6.07) is 5.96. The van der Waals surface area contributed by atoms with Crippen LogP contribution in [0.15, 0.2) is 35.8 Å². The van der Waals surface area contributed by atoms with Gasteiger partial charge in [0.2, 0.25) is 0 Å². The molecule has 0 aliphatic carbocycles. The molecule has 1 aliphatic heterocycles. The minimum atomic E-state index is -0.407. The largest absolute Gasteiger partial charge is 0.375 e. The second-order valence-electron chi connectivity index (χ2n) is 4.60. The molecule has 98 valence electrons. The molecule has 5 heteroatoms. The molecule has 1 aromatic rings. The van der Waals surface area contributed by atoms with E-state index in [-0.39, 0.29) is 17.1 Å². The van der Waals surface area contributed by atoms with Gasteiger partial charge in [0.25, 0.3) is 0 Å². The minimum absolute atomic E-state index is 0.0284. The number of thiol groups is 1. The second-order valence-corrected chi connectivity index (χ2v) is 5.16. The third-order valence-electron chi connectivity index (χ3n) is 3.35. The van der Waals surface area contributed by atoms with Crippen molar-refractivity contribution in [3.05, 3.63) is 41.4 Å². The summed E-state index contributed by atoms with van der Waals surface area (Å²) < 4.78 is 0. The number of nitrogens with one attached hydrogen (secondary N) is 1. The maximum Gasteiger partial charge on any atom is 0.158 e. The Labute approximate surface area is 117 Å². The predicted octanol–water partition coefficient (Wildman–Crippen LogP) is 2.03. The van der Waals surface area contributed by atoms with Gasteiger partial charge in [-0.2, -0.15) is 17.9 Å². The van der Waals surface area contributed by atoms with Crippen molar-refractivity contribution >= 4 is 18.4 Å². The summed E-state index contributed by atoms with van der Waals surface area (Å²) in [6.45, 7) is 3.37. The number of hydrogen-bond donors (Lipinski definition) is 2. The number of nitriles is 1. The van der Waals surface area contributed by atoms with Crippen LogP contribution in [-0.4, -0.2) is 16.1 Å². The lowest BCUT2D eigenvalue weighted by molar-refractivity contribution is -0.114. The summed E-state index contributed by atoms with van der Waals surface area (Å²) in [5, 5.41) is 12.2. The molecule has 0 saturated heterocycles. The zero-order valence-corrected chi connectivity index (χ0v) is 11.7. The van der Waals surface area contributed by atoms with E-state index in [1.54, 1.807) is 12.4 Å². The molecular weight excluding hydrogens is 258 g/mol. The summed E-state index contributed by atoms with van der Waals surface area (Å²) >= 11 is 4.41. The Morgan fingerprint density at radius 2 is 2.32 bits per heavy atom. The zero-order chi connectivity index (χ0) is 14.0. The van der Waals surface area contributed by atoms with Crippen molar-refractivity contribution in [2.75, 3.05) is 0 Å². The molecule has 0 aromatic carbocycles. The highest BCUT2D eigenvalue weighted by Crippen LogP contribution is 2.39. The van der Waals surface area contributed by atoms with Crippen LogP contribution in [-0.2, 0) is 4.79 Å². The highest BCUT2D eigenvalue weighted by Gasteiger charge is 2.38. The van der Waals surface area contributed by atoms with Crippen molar-refractivity contribution in [3.63, 3.8) is 0 Å². The van der Waals surface area contributed by atoms with Crippen molar-refractivity contribution in [2.45, 2.75) is 25.1 Å². The molecule has 0 radical (unpaired) electrons. The summed E-state index contributed by atoms with van der Waals surface area (Å²) in [7, 11) is 0. The van der Waals surface area contributed by atoms with Crippen LogP contribution in [0.4, 0.5) is 0 Å². The molecular formula is C14H15N3OS. The number of carbonyl (C=O) groups excluding carboxylic acids is 1. The Morgan fingerprint density at radius 1 is 1.58 bits per heavy atom. The molecule has 1 N–H and O–H groups in total. The lowest BCUT2D eigenvalue weighted by atomic mass is 9.77. The number of pyridine rings is 1. The lowest BCUT2D eigenvalue weighted by Gasteiger charge is -2.35. The first-order valence-corrected chi connectivity index (χ1v) is 6.53. The van der Waals surface area contributed by atoms with Crippen molar-refractivity contribution in [2.24, 2.45) is 5.92 Å². The van der Waals surface area contributed by atoms with Gasteiger partial charge in [-0.05, 0) is 25.5 Å². The van der Waals surface area contributed by atoms with Crippen molar-refractivity contribution in [1.82, 2.24) is 10.3 Å². The first kappa shape index (κ1) is 13.6. The van der Waals surface area contributed by atoms with Gasteiger partial charge in [-0.3, -0.25) is 9.78 Å². The van der Waals surface area contributed by atoms with E-state index < -0.39 is 5.92 Å². The van der Waals surface area contributed by atoms with Gasteiger partial charge < -0.3 is 5.32 Å². The summed E-state index contributed by atoms with van der Waals surface area (Å²) in [6.07, 6.45) is 3.38. The molecule has 0 saturated carbocycles. The van der Waals surface area contributed by atoms with Crippen LogP contribution in [0.3, 0.4) is 0 Å². The van der Waals surface area contributed by atoms with Crippen LogP contribution in [0.1, 0.15) is 25.3 Å². The number of Topliss-reactive ketones (excluding diaryl/α,β-unsaturated/α-hetero) is 1. The Hall–Kier alpha value is -1.80. The molecule has 0 spiro atoms. The maximum atomic E-state index is 11.9. The van der Waals surface area contributed by atoms with E-state index >= 15 is 0 Å². The van der Waals surface area contributed by atoms with Gasteiger partial charge in [0.15, 0.2) is 5.78 Å². The average molecular weight is 273 g/mol. The molecule has 2 rings (SSSR count). The molecule has 19 heavy (non-hydrogen) atoms. The van der Waals surface area contributed by atoms with E-state index in [0.717, 1.165) is 11.3 Å². The van der Waals surface area contributed by atoms with Crippen LogP contribution < -0.4 is 5.32 Å². The number of hydrogen-bond acceptors (Lipinski definition) is 5. The van der Waals surface area contributed by atoms with Crippen molar-refractivity contribution < 1.29 is 4.79 Å². The maximum absolute atomic E-state index is 11.9. The normalized spacial score (nSPS) is 26.5. The number of rotatable bonds is 2. The second kappa shape index (κ2) is 5.45. The highest BCUT2D eigenvalue weighted by atomic mass is 32.1. The van der Waals surface area contributed by atoms with Crippen LogP contribution >= 0.6 is 12.6 Å². The number of ketones is 1. The van der Waals surface area contributed by atoms with Crippen LogP contribution in [0, 0.1) is 17.2 Å². The monoisotopic (exact) mass is 273 g/mol. The zero-order valence-electron chi connectivity index (χ0n) is 10.8. The number of carbonyl (C=O) groups is 1. The first-order valence-electron chi connectivity index (χ1n) is 6.02. The first-order chi connectivity index (χ1) is 9.06. The number of aromatic nitrogens is 1. The van der Waals surface area contributed by atoms with Gasteiger partial charge in [0.05, 0.1) is 17.4 Å². The molecule has 1 aliphatic rings. The van der Waals surface area contributed by atoms with E-state index in [0.29, 0.717) is 5.57 Å². The van der Waals surface area contributed by atoms with Crippen LogP contribution in [0.5, 0.6) is 0 Å². The smallest absolute Gasteiger partial charge is 0.158 e. The van der Waals surface area contributed by atoms with Gasteiger partial charge in [-0.15, -0.1) is 0 Å². The topological polar surface area (TPSA) is 65.8 Å². The third kappa shape index (κ3) is 2.49. The summed E-state index contributed by atoms with van der Waals surface area (Å²) in [5.74, 6) is -0.714. The minimum Gasteiger partial charge on any atom is -0.375 e. The lowest BCUT2D eigenvalue weighted by Crippen LogP contribution is -2.41. The Morgan fingerprint density at radius 3 is 2.84 bits per heavy atom. The molecule has 0 unspecified atom stereocenters. The number of allylic oxidation sites excluding steroid dienone is 2. The number of nitrogens with zero attached hydrogens (tertiary/aromatic N) is 2.